The van der Waals surface area contributed by atoms with Crippen molar-refractivity contribution in [2.75, 3.05) is 12.0 Å². The van der Waals surface area contributed by atoms with Crippen molar-refractivity contribution in [1.29, 1.82) is 0 Å². The summed E-state index contributed by atoms with van der Waals surface area (Å²) in [6.07, 6.45) is 0. The van der Waals surface area contributed by atoms with E-state index in [1.807, 2.05) is 31.2 Å². The Morgan fingerprint density at radius 1 is 0.971 bits per heavy atom. The lowest BCUT2D eigenvalue weighted by Gasteiger charge is -2.28. The lowest BCUT2D eigenvalue weighted by atomic mass is 9.85. The average Bonchev–Trinajstić information content (AvgIpc) is 3.08. The molecule has 0 bridgehead atoms. The third-order valence-electron chi connectivity index (χ3n) is 6.32. The van der Waals surface area contributed by atoms with Crippen molar-refractivity contribution in [2.45, 2.75) is 39.2 Å². The summed E-state index contributed by atoms with van der Waals surface area (Å²) in [5.41, 5.74) is 3.56. The van der Waals surface area contributed by atoms with Gasteiger partial charge in [-0.25, -0.2) is 0 Å². The third kappa shape index (κ3) is 4.56. The molecule has 35 heavy (non-hydrogen) atoms. The Hall–Kier alpha value is -3.57. The Bertz CT molecular complexity index is 1320. The van der Waals surface area contributed by atoms with Crippen LogP contribution in [0.1, 0.15) is 49.1 Å². The Kier molecular flexibility index (Phi) is 6.48. The van der Waals surface area contributed by atoms with Gasteiger partial charge in [-0.2, -0.15) is 0 Å². The number of methoxy groups -OCH3 is 1. The molecule has 1 N–H and O–H groups in total. The van der Waals surface area contributed by atoms with Crippen molar-refractivity contribution in [3.05, 3.63) is 99.6 Å². The van der Waals surface area contributed by atoms with E-state index in [0.717, 1.165) is 16.7 Å². The highest BCUT2D eigenvalue weighted by Gasteiger charge is 2.47. The predicted octanol–water partition coefficient (Wildman–Crippen LogP) is 6.58. The van der Waals surface area contributed by atoms with Crippen LogP contribution in [0.2, 0.25) is 5.02 Å². The number of aliphatic hydroxyl groups excluding tert-OH is 1. The minimum Gasteiger partial charge on any atom is -0.507 e. The van der Waals surface area contributed by atoms with E-state index in [-0.39, 0.29) is 16.7 Å². The lowest BCUT2D eigenvalue weighted by molar-refractivity contribution is -0.132. The van der Waals surface area contributed by atoms with Gasteiger partial charge in [-0.05, 0) is 71.5 Å². The first-order valence-electron chi connectivity index (χ1n) is 11.3. The Morgan fingerprint density at radius 3 is 2.14 bits per heavy atom. The molecule has 1 atom stereocenters. The molecule has 6 heteroatoms. The van der Waals surface area contributed by atoms with Crippen molar-refractivity contribution >= 4 is 34.7 Å². The van der Waals surface area contributed by atoms with Gasteiger partial charge in [0, 0.05) is 16.3 Å². The molecule has 180 valence electrons. The number of anilines is 1. The molecule has 1 saturated heterocycles. The predicted molar refractivity (Wildman–Crippen MR) is 139 cm³/mol. The topological polar surface area (TPSA) is 66.8 Å². The summed E-state index contributed by atoms with van der Waals surface area (Å²) in [5.74, 6) is -1.05. The van der Waals surface area contributed by atoms with Gasteiger partial charge >= 0.3 is 0 Å². The van der Waals surface area contributed by atoms with Crippen LogP contribution in [0.5, 0.6) is 5.75 Å². The molecule has 1 unspecified atom stereocenters. The molecular formula is C29H28ClNO4. The number of rotatable bonds is 4. The number of aliphatic hydroxyl groups is 1. The minimum absolute atomic E-state index is 0.0398. The SMILES string of the molecule is COc1ccc(/C(O)=C2\C(=O)C(=O)N(c3ccc(Cl)cc3C)C2c2ccc(C(C)(C)C)cc2)cc1. The first-order chi connectivity index (χ1) is 16.5. The van der Waals surface area contributed by atoms with Crippen LogP contribution in [0, 0.1) is 6.92 Å². The summed E-state index contributed by atoms with van der Waals surface area (Å²) in [6.45, 7) is 8.20. The van der Waals surface area contributed by atoms with Gasteiger partial charge in [-0.3, -0.25) is 14.5 Å². The summed E-state index contributed by atoms with van der Waals surface area (Å²) in [5, 5.41) is 11.8. The van der Waals surface area contributed by atoms with Gasteiger partial charge in [0.2, 0.25) is 0 Å². The maximum atomic E-state index is 13.4. The van der Waals surface area contributed by atoms with Crippen molar-refractivity contribution in [3.8, 4) is 5.75 Å². The Morgan fingerprint density at radius 2 is 1.60 bits per heavy atom. The first kappa shape index (κ1) is 24.6. The molecule has 0 aliphatic carbocycles. The van der Waals surface area contributed by atoms with Crippen LogP contribution in [-0.2, 0) is 15.0 Å². The van der Waals surface area contributed by atoms with Gasteiger partial charge in [0.05, 0.1) is 18.7 Å². The maximum Gasteiger partial charge on any atom is 0.300 e. The quantitative estimate of drug-likeness (QED) is 0.255. The second-order valence-corrected chi connectivity index (χ2v) is 10.1. The smallest absolute Gasteiger partial charge is 0.300 e. The summed E-state index contributed by atoms with van der Waals surface area (Å²) in [4.78, 5) is 28.2. The maximum absolute atomic E-state index is 13.4. The average molecular weight is 490 g/mol. The molecule has 3 aromatic carbocycles. The molecule has 1 heterocycles. The van der Waals surface area contributed by atoms with E-state index in [0.29, 0.717) is 22.0 Å². The Balaban J connectivity index is 1.93. The number of ether oxygens (including phenoxy) is 1. The summed E-state index contributed by atoms with van der Waals surface area (Å²) in [6, 6.07) is 18.9. The molecule has 0 aromatic heterocycles. The van der Waals surface area contributed by atoms with Crippen LogP contribution in [0.3, 0.4) is 0 Å². The zero-order valence-corrected chi connectivity index (χ0v) is 21.2. The summed E-state index contributed by atoms with van der Waals surface area (Å²) in [7, 11) is 1.55. The highest BCUT2D eigenvalue weighted by molar-refractivity contribution is 6.51. The molecular weight excluding hydrogens is 462 g/mol. The van der Waals surface area contributed by atoms with Crippen LogP contribution in [0.4, 0.5) is 5.69 Å². The largest absolute Gasteiger partial charge is 0.507 e. The molecule has 1 aliphatic heterocycles. The van der Waals surface area contributed by atoms with Gasteiger partial charge in [0.15, 0.2) is 0 Å². The number of benzene rings is 3. The molecule has 5 nitrogen and oxygen atoms in total. The number of hydrogen-bond donors (Lipinski definition) is 1. The van der Waals surface area contributed by atoms with Crippen LogP contribution in [0.25, 0.3) is 5.76 Å². The fourth-order valence-corrected chi connectivity index (χ4v) is 4.58. The van der Waals surface area contributed by atoms with Crippen LogP contribution >= 0.6 is 11.6 Å². The van der Waals surface area contributed by atoms with E-state index < -0.39 is 17.7 Å². The molecule has 1 fully saturated rings. The minimum atomic E-state index is -0.800. The van der Waals surface area contributed by atoms with Crippen LogP contribution in [0.15, 0.2) is 72.3 Å². The second-order valence-electron chi connectivity index (χ2n) is 9.70. The number of ketones is 1. The second kappa shape index (κ2) is 9.23. The standard InChI is InChI=1S/C29H28ClNO4/c1-17-16-21(30)12-15-23(17)31-25(18-6-10-20(11-7-18)29(2,3)4)24(27(33)28(31)34)26(32)19-8-13-22(35-5)14-9-19/h6-16,25,32H,1-5H3/b26-24+. The van der Waals surface area contributed by atoms with Crippen molar-refractivity contribution < 1.29 is 19.4 Å². The van der Waals surface area contributed by atoms with E-state index in [9.17, 15) is 14.7 Å². The first-order valence-corrected chi connectivity index (χ1v) is 11.7. The van der Waals surface area contributed by atoms with Crippen molar-refractivity contribution in [1.82, 2.24) is 0 Å². The van der Waals surface area contributed by atoms with E-state index in [1.54, 1.807) is 49.6 Å². The summed E-state index contributed by atoms with van der Waals surface area (Å²) < 4.78 is 5.20. The number of halogens is 1. The van der Waals surface area contributed by atoms with E-state index >= 15 is 0 Å². The molecule has 1 amide bonds. The van der Waals surface area contributed by atoms with E-state index in [2.05, 4.69) is 20.8 Å². The van der Waals surface area contributed by atoms with E-state index in [4.69, 9.17) is 16.3 Å². The molecule has 1 aliphatic rings. The van der Waals surface area contributed by atoms with Crippen molar-refractivity contribution in [2.24, 2.45) is 0 Å². The van der Waals surface area contributed by atoms with Gasteiger partial charge in [0.1, 0.15) is 11.5 Å². The monoisotopic (exact) mass is 489 g/mol. The zero-order chi connectivity index (χ0) is 25.5. The number of Topliss-reactive ketones (excluding diaryl/α,β-unsaturated/α-hetero) is 1. The van der Waals surface area contributed by atoms with E-state index in [1.165, 1.54) is 4.90 Å². The number of amides is 1. The number of carbonyl (C=O) groups is 2. The number of nitrogens with zero attached hydrogens (tertiary/aromatic N) is 1. The fraction of sp³-hybridized carbons (Fsp3) is 0.241. The molecule has 0 saturated carbocycles. The van der Waals surface area contributed by atoms with Crippen LogP contribution in [-0.4, -0.2) is 23.9 Å². The summed E-state index contributed by atoms with van der Waals surface area (Å²) >= 11 is 6.16. The van der Waals surface area contributed by atoms with Gasteiger partial charge in [-0.1, -0.05) is 56.6 Å². The van der Waals surface area contributed by atoms with Gasteiger partial charge in [0.25, 0.3) is 11.7 Å². The number of aryl methyl sites for hydroxylation is 1. The Labute approximate surface area is 210 Å². The normalized spacial score (nSPS) is 17.7. The fourth-order valence-electron chi connectivity index (χ4n) is 4.36. The third-order valence-corrected chi connectivity index (χ3v) is 6.55. The number of carbonyl (C=O) groups excluding carboxylic acids is 2. The molecule has 0 spiro atoms. The van der Waals surface area contributed by atoms with Gasteiger partial charge < -0.3 is 9.84 Å². The molecule has 0 radical (unpaired) electrons. The number of hydrogen-bond acceptors (Lipinski definition) is 4. The highest BCUT2D eigenvalue weighted by atomic mass is 35.5. The lowest BCUT2D eigenvalue weighted by Crippen LogP contribution is -2.30. The van der Waals surface area contributed by atoms with Crippen LogP contribution < -0.4 is 9.64 Å². The van der Waals surface area contributed by atoms with Gasteiger partial charge in [-0.15, -0.1) is 0 Å². The highest BCUT2D eigenvalue weighted by Crippen LogP contribution is 2.44. The zero-order valence-electron chi connectivity index (χ0n) is 20.4. The molecule has 3 aromatic rings. The molecule has 4 rings (SSSR count). The van der Waals surface area contributed by atoms with Crippen molar-refractivity contribution in [3.63, 3.8) is 0 Å².